The molecule has 0 atom stereocenters. The Morgan fingerprint density at radius 1 is 1.08 bits per heavy atom. The number of hydrogen-bond donors (Lipinski definition) is 2. The summed E-state index contributed by atoms with van der Waals surface area (Å²) >= 11 is 0. The molecule has 132 valence electrons. The van der Waals surface area contributed by atoms with Gasteiger partial charge in [-0.2, -0.15) is 0 Å². The van der Waals surface area contributed by atoms with Crippen molar-refractivity contribution in [2.45, 2.75) is 20.3 Å². The number of hydrogen-bond acceptors (Lipinski definition) is 6. The average Bonchev–Trinajstić information content (AvgIpc) is 2.62. The lowest BCUT2D eigenvalue weighted by atomic mass is 10.1. The summed E-state index contributed by atoms with van der Waals surface area (Å²) in [5.74, 6) is 0.451. The van der Waals surface area contributed by atoms with Gasteiger partial charge in [0.15, 0.2) is 5.69 Å². The number of aromatic nitrogens is 2. The second-order valence-electron chi connectivity index (χ2n) is 5.94. The summed E-state index contributed by atoms with van der Waals surface area (Å²) < 4.78 is 4.63. The van der Waals surface area contributed by atoms with Crippen LogP contribution in [-0.4, -0.2) is 35.7 Å². The average molecular weight is 342 g/mol. The fourth-order valence-electron chi connectivity index (χ4n) is 2.04. The lowest BCUT2D eigenvalue weighted by molar-refractivity contribution is 0.0600. The number of esters is 1. The Morgan fingerprint density at radius 3 is 2.36 bits per heavy atom. The first-order chi connectivity index (χ1) is 12.0. The molecular formula is C18H22N4O3. The van der Waals surface area contributed by atoms with E-state index in [1.165, 1.54) is 7.11 Å². The molecule has 7 nitrogen and oxygen atoms in total. The van der Waals surface area contributed by atoms with Crippen molar-refractivity contribution in [3.63, 3.8) is 0 Å². The Labute approximate surface area is 146 Å². The van der Waals surface area contributed by atoms with Crippen molar-refractivity contribution >= 4 is 23.4 Å². The Kier molecular flexibility index (Phi) is 6.45. The zero-order chi connectivity index (χ0) is 18.2. The number of nitrogens with one attached hydrogen (secondary N) is 2. The molecule has 2 rings (SSSR count). The molecule has 0 saturated heterocycles. The molecule has 2 N–H and O–H groups in total. The van der Waals surface area contributed by atoms with Gasteiger partial charge in [-0.1, -0.05) is 13.8 Å². The predicted molar refractivity (Wildman–Crippen MR) is 95.7 cm³/mol. The lowest BCUT2D eigenvalue weighted by Crippen LogP contribution is -2.15. The van der Waals surface area contributed by atoms with Crippen LogP contribution in [0.4, 0.5) is 11.5 Å². The van der Waals surface area contributed by atoms with Crippen LogP contribution in [0, 0.1) is 5.92 Å². The first-order valence-corrected chi connectivity index (χ1v) is 8.07. The molecule has 1 aromatic heterocycles. The Morgan fingerprint density at radius 2 is 1.80 bits per heavy atom. The van der Waals surface area contributed by atoms with Crippen LogP contribution in [0.15, 0.2) is 36.4 Å². The quantitative estimate of drug-likeness (QED) is 0.752. The smallest absolute Gasteiger partial charge is 0.337 e. The maximum atomic E-state index is 12.2. The van der Waals surface area contributed by atoms with E-state index in [2.05, 4.69) is 39.4 Å². The summed E-state index contributed by atoms with van der Waals surface area (Å²) in [5, 5.41) is 13.8. The molecule has 1 amide bonds. The number of carbonyl (C=O) groups excluding carboxylic acids is 2. The van der Waals surface area contributed by atoms with Crippen LogP contribution in [0.1, 0.15) is 41.1 Å². The van der Waals surface area contributed by atoms with Crippen molar-refractivity contribution in [1.29, 1.82) is 0 Å². The summed E-state index contributed by atoms with van der Waals surface area (Å²) in [7, 11) is 1.32. The zero-order valence-corrected chi connectivity index (χ0v) is 14.6. The third kappa shape index (κ3) is 5.56. The largest absolute Gasteiger partial charge is 0.465 e. The van der Waals surface area contributed by atoms with E-state index < -0.39 is 5.97 Å². The first-order valence-electron chi connectivity index (χ1n) is 8.07. The number of benzene rings is 1. The highest BCUT2D eigenvalue weighted by atomic mass is 16.5. The normalized spacial score (nSPS) is 10.4. The maximum absolute atomic E-state index is 12.2. The van der Waals surface area contributed by atoms with Gasteiger partial charge in [0.2, 0.25) is 0 Å². The van der Waals surface area contributed by atoms with Gasteiger partial charge in [-0.25, -0.2) is 4.79 Å². The molecule has 0 spiro atoms. The van der Waals surface area contributed by atoms with Crippen LogP contribution in [0.5, 0.6) is 0 Å². The second kappa shape index (κ2) is 8.77. The van der Waals surface area contributed by atoms with Gasteiger partial charge in [-0.3, -0.25) is 4.79 Å². The van der Waals surface area contributed by atoms with E-state index in [9.17, 15) is 9.59 Å². The molecule has 0 unspecified atom stereocenters. The molecule has 0 aliphatic carbocycles. The van der Waals surface area contributed by atoms with E-state index in [-0.39, 0.29) is 11.6 Å². The van der Waals surface area contributed by atoms with E-state index in [4.69, 9.17) is 0 Å². The van der Waals surface area contributed by atoms with E-state index in [1.54, 1.807) is 36.4 Å². The fourth-order valence-corrected chi connectivity index (χ4v) is 2.04. The van der Waals surface area contributed by atoms with Gasteiger partial charge in [-0.15, -0.1) is 10.2 Å². The molecule has 1 heterocycles. The molecule has 0 bridgehead atoms. The van der Waals surface area contributed by atoms with Crippen molar-refractivity contribution in [3.8, 4) is 0 Å². The van der Waals surface area contributed by atoms with Gasteiger partial charge in [-0.05, 0) is 48.7 Å². The molecule has 0 radical (unpaired) electrons. The third-order valence-electron chi connectivity index (χ3n) is 3.49. The highest BCUT2D eigenvalue weighted by Gasteiger charge is 2.10. The van der Waals surface area contributed by atoms with Crippen LogP contribution in [0.2, 0.25) is 0 Å². The number of ether oxygens (including phenoxy) is 1. The molecule has 0 saturated carbocycles. The van der Waals surface area contributed by atoms with E-state index in [1.807, 2.05) is 0 Å². The molecule has 25 heavy (non-hydrogen) atoms. The SMILES string of the molecule is COC(=O)c1ccc(NC(=O)c2ccc(NCCC(C)C)nn2)cc1. The van der Waals surface area contributed by atoms with Crippen molar-refractivity contribution in [1.82, 2.24) is 10.2 Å². The number of carbonyl (C=O) groups is 2. The monoisotopic (exact) mass is 342 g/mol. The van der Waals surface area contributed by atoms with Crippen LogP contribution < -0.4 is 10.6 Å². The van der Waals surface area contributed by atoms with Gasteiger partial charge < -0.3 is 15.4 Å². The summed E-state index contributed by atoms with van der Waals surface area (Å²) in [6.07, 6.45) is 1.03. The molecule has 0 aliphatic rings. The number of nitrogens with zero attached hydrogens (tertiary/aromatic N) is 2. The Bertz CT molecular complexity index is 712. The third-order valence-corrected chi connectivity index (χ3v) is 3.49. The van der Waals surface area contributed by atoms with E-state index in [0.717, 1.165) is 13.0 Å². The van der Waals surface area contributed by atoms with Crippen molar-refractivity contribution in [2.75, 3.05) is 24.3 Å². The van der Waals surface area contributed by atoms with E-state index >= 15 is 0 Å². The highest BCUT2D eigenvalue weighted by Crippen LogP contribution is 2.12. The van der Waals surface area contributed by atoms with Crippen LogP contribution >= 0.6 is 0 Å². The van der Waals surface area contributed by atoms with E-state index in [0.29, 0.717) is 23.0 Å². The van der Waals surface area contributed by atoms with Crippen LogP contribution in [-0.2, 0) is 4.74 Å². The van der Waals surface area contributed by atoms with Crippen molar-refractivity contribution in [2.24, 2.45) is 5.92 Å². The van der Waals surface area contributed by atoms with Gasteiger partial charge in [0.25, 0.3) is 5.91 Å². The summed E-state index contributed by atoms with van der Waals surface area (Å²) in [5.41, 5.74) is 1.18. The second-order valence-corrected chi connectivity index (χ2v) is 5.94. The fraction of sp³-hybridized carbons (Fsp3) is 0.333. The summed E-state index contributed by atoms with van der Waals surface area (Å²) in [6.45, 7) is 5.11. The van der Waals surface area contributed by atoms with Gasteiger partial charge >= 0.3 is 5.97 Å². The van der Waals surface area contributed by atoms with Gasteiger partial charge in [0, 0.05) is 12.2 Å². The minimum absolute atomic E-state index is 0.214. The molecule has 1 aromatic carbocycles. The highest BCUT2D eigenvalue weighted by molar-refractivity contribution is 6.03. The Hall–Kier alpha value is -2.96. The van der Waals surface area contributed by atoms with Crippen molar-refractivity contribution in [3.05, 3.63) is 47.7 Å². The molecule has 2 aromatic rings. The number of amides is 1. The summed E-state index contributed by atoms with van der Waals surface area (Å²) in [6, 6.07) is 9.74. The molecule has 0 aliphatic heterocycles. The predicted octanol–water partition coefficient (Wildman–Crippen LogP) is 2.97. The molecular weight excluding hydrogens is 320 g/mol. The number of anilines is 2. The minimum Gasteiger partial charge on any atom is -0.465 e. The van der Waals surface area contributed by atoms with Crippen molar-refractivity contribution < 1.29 is 14.3 Å². The van der Waals surface area contributed by atoms with Crippen LogP contribution in [0.25, 0.3) is 0 Å². The number of methoxy groups -OCH3 is 1. The summed E-state index contributed by atoms with van der Waals surface area (Å²) in [4.78, 5) is 23.6. The van der Waals surface area contributed by atoms with Gasteiger partial charge in [0.1, 0.15) is 5.82 Å². The zero-order valence-electron chi connectivity index (χ0n) is 14.6. The van der Waals surface area contributed by atoms with Crippen LogP contribution in [0.3, 0.4) is 0 Å². The number of rotatable bonds is 7. The lowest BCUT2D eigenvalue weighted by Gasteiger charge is -2.08. The van der Waals surface area contributed by atoms with Gasteiger partial charge in [0.05, 0.1) is 12.7 Å². The Balaban J connectivity index is 1.93. The first kappa shape index (κ1) is 18.4. The molecule has 0 fully saturated rings. The molecule has 7 heteroatoms. The topological polar surface area (TPSA) is 93.2 Å². The standard InChI is InChI=1S/C18H22N4O3/c1-12(2)10-11-19-16-9-8-15(21-22-16)17(23)20-14-6-4-13(5-7-14)18(24)25-3/h4-9,12H,10-11H2,1-3H3,(H,19,22)(H,20,23). The minimum atomic E-state index is -0.427. The maximum Gasteiger partial charge on any atom is 0.337 e.